The molecule has 0 aromatic heterocycles. The summed E-state index contributed by atoms with van der Waals surface area (Å²) in [6.45, 7) is 10.2. The molecule has 0 heterocycles. The van der Waals surface area contributed by atoms with E-state index in [1.807, 2.05) is 32.3 Å². The van der Waals surface area contributed by atoms with E-state index in [4.69, 9.17) is 16.6 Å². The van der Waals surface area contributed by atoms with Crippen LogP contribution in [0.4, 0.5) is 0 Å². The predicted molar refractivity (Wildman–Crippen MR) is 193 cm³/mol. The van der Waals surface area contributed by atoms with Crippen molar-refractivity contribution in [1.82, 2.24) is 10.6 Å². The average molecular weight is 736 g/mol. The first-order valence-electron chi connectivity index (χ1n) is 16.0. The molecular weight excluding hydrogens is 685 g/mol. The normalized spacial score (nSPS) is 21.3. The molecule has 242 valence electrons. The number of hydrogen-bond donors (Lipinski definition) is 2. The highest BCUT2D eigenvalue weighted by molar-refractivity contribution is 14.1. The third kappa shape index (κ3) is 12.7. The van der Waals surface area contributed by atoms with E-state index in [1.54, 1.807) is 0 Å². The summed E-state index contributed by atoms with van der Waals surface area (Å²) in [5.41, 5.74) is 5.17. The molecule has 0 saturated heterocycles. The van der Waals surface area contributed by atoms with Gasteiger partial charge in [0.25, 0.3) is 0 Å². The molecule has 0 bridgehead atoms. The van der Waals surface area contributed by atoms with Crippen LogP contribution in [-0.4, -0.2) is 40.8 Å². The molecule has 1 aromatic carbocycles. The fourth-order valence-corrected chi connectivity index (χ4v) is 6.03. The van der Waals surface area contributed by atoms with Gasteiger partial charge in [-0.05, 0) is 107 Å². The number of nitrogens with zero attached hydrogens (tertiary/aromatic N) is 1. The van der Waals surface area contributed by atoms with Crippen molar-refractivity contribution in [2.45, 2.75) is 109 Å². The quantitative estimate of drug-likeness (QED) is 0.0500. The van der Waals surface area contributed by atoms with E-state index in [0.717, 1.165) is 36.4 Å². The minimum absolute atomic E-state index is 0.0105. The Hall–Kier alpha value is -2.10. The lowest BCUT2D eigenvalue weighted by molar-refractivity contribution is -0.123. The molecule has 4 unspecified atom stereocenters. The highest BCUT2D eigenvalue weighted by atomic mass is 127. The van der Waals surface area contributed by atoms with Gasteiger partial charge in [-0.15, -0.1) is 0 Å². The molecule has 1 aliphatic rings. The molecule has 1 amide bonds. The predicted octanol–water partition coefficient (Wildman–Crippen LogP) is 8.82. The summed E-state index contributed by atoms with van der Waals surface area (Å²) in [5, 5.41) is 7.13. The summed E-state index contributed by atoms with van der Waals surface area (Å²) < 4.78 is -0.0521. The number of carbonyl (C=O) groups is 3. The van der Waals surface area contributed by atoms with Gasteiger partial charge < -0.3 is 10.6 Å². The van der Waals surface area contributed by atoms with E-state index >= 15 is 0 Å². The lowest BCUT2D eigenvalue weighted by atomic mass is 9.93. The number of aliphatic imine (C=N–C) groups is 1. The number of Topliss-reactive ketones (excluding diaryl/α,β-unsaturated/α-hetero) is 2. The van der Waals surface area contributed by atoms with Gasteiger partial charge in [-0.3, -0.25) is 19.4 Å². The van der Waals surface area contributed by atoms with E-state index in [0.29, 0.717) is 44.1 Å². The first-order valence-corrected chi connectivity index (χ1v) is 17.6. The summed E-state index contributed by atoms with van der Waals surface area (Å²) in [5.74, 6) is 0.425. The van der Waals surface area contributed by atoms with Crippen LogP contribution in [0.5, 0.6) is 0 Å². The Kier molecular flexibility index (Phi) is 17.4. The minimum atomic E-state index is -0.0970. The monoisotopic (exact) mass is 735 g/mol. The molecule has 8 heteroatoms. The zero-order chi connectivity index (χ0) is 32.6. The highest BCUT2D eigenvalue weighted by Gasteiger charge is 2.21. The van der Waals surface area contributed by atoms with Gasteiger partial charge in [0.15, 0.2) is 5.78 Å². The number of unbranched alkanes of at least 4 members (excludes halogenated alkanes) is 1. The zero-order valence-corrected chi connectivity index (χ0v) is 30.3. The van der Waals surface area contributed by atoms with Crippen LogP contribution in [0.3, 0.4) is 0 Å². The third-order valence-electron chi connectivity index (χ3n) is 8.47. The maximum Gasteiger partial charge on any atom is 0.221 e. The van der Waals surface area contributed by atoms with Crippen molar-refractivity contribution in [3.8, 4) is 0 Å². The molecule has 4 atom stereocenters. The number of rotatable bonds is 14. The van der Waals surface area contributed by atoms with E-state index in [-0.39, 0.29) is 39.4 Å². The largest absolute Gasteiger partial charge is 0.341 e. The Labute approximate surface area is 283 Å². The summed E-state index contributed by atoms with van der Waals surface area (Å²) in [7, 11) is 1.87. The number of amides is 1. The van der Waals surface area contributed by atoms with Crippen LogP contribution in [-0.2, 0) is 14.4 Å². The lowest BCUT2D eigenvalue weighted by Gasteiger charge is -2.21. The molecular formula is C36H51ClIN3O3. The molecule has 6 nitrogen and oxygen atoms in total. The second-order valence-corrected chi connectivity index (χ2v) is 13.7. The fourth-order valence-electron chi connectivity index (χ4n) is 5.29. The van der Waals surface area contributed by atoms with E-state index in [2.05, 4.69) is 85.2 Å². The second kappa shape index (κ2) is 20.1. The molecule has 1 aliphatic carbocycles. The third-order valence-corrected chi connectivity index (χ3v) is 10.0. The molecule has 0 aliphatic heterocycles. The minimum Gasteiger partial charge on any atom is -0.341 e. The number of nitrogens with one attached hydrogen (secondary N) is 2. The molecule has 0 spiro atoms. The van der Waals surface area contributed by atoms with Crippen molar-refractivity contribution in [3.05, 3.63) is 63.8 Å². The van der Waals surface area contributed by atoms with E-state index in [9.17, 15) is 14.4 Å². The van der Waals surface area contributed by atoms with Crippen molar-refractivity contribution in [3.63, 3.8) is 0 Å². The Balaban J connectivity index is 1.90. The van der Waals surface area contributed by atoms with Crippen molar-refractivity contribution < 1.29 is 14.4 Å². The topological polar surface area (TPSA) is 87.6 Å². The van der Waals surface area contributed by atoms with Crippen LogP contribution < -0.4 is 10.6 Å². The smallest absolute Gasteiger partial charge is 0.221 e. The Morgan fingerprint density at radius 1 is 1.16 bits per heavy atom. The average Bonchev–Trinajstić information content (AvgIpc) is 3.01. The standard InChI is InChI=1S/C36H51ClIN3O3/c1-7-27(30(8-2)28-16-18-29(37)19-17-28)12-9-10-15-35(39-6)41-36(44)22-24(3)25(4)23-40-32-21-20-31(38)34(43)14-11-13-33(42)26(32)5/h8,12,16-19,23-25,31,35,39H,7,9-11,13-15,20-22H2,1-6H3,(H,41,44)/b27-12-,30-8-,32-26+,40-23?. The van der Waals surface area contributed by atoms with Crippen LogP contribution in [0, 0.1) is 11.8 Å². The Morgan fingerprint density at radius 3 is 2.50 bits per heavy atom. The van der Waals surface area contributed by atoms with E-state index in [1.165, 1.54) is 16.7 Å². The van der Waals surface area contributed by atoms with Gasteiger partial charge in [0, 0.05) is 41.8 Å². The van der Waals surface area contributed by atoms with Gasteiger partial charge in [0.1, 0.15) is 5.78 Å². The number of carbonyl (C=O) groups excluding carboxylic acids is 3. The van der Waals surface area contributed by atoms with Crippen molar-refractivity contribution in [2.24, 2.45) is 16.8 Å². The lowest BCUT2D eigenvalue weighted by Crippen LogP contribution is -2.44. The first-order chi connectivity index (χ1) is 21.0. The molecule has 2 rings (SSSR count). The highest BCUT2D eigenvalue weighted by Crippen LogP contribution is 2.28. The van der Waals surface area contributed by atoms with Crippen LogP contribution in [0.1, 0.15) is 104 Å². The molecule has 0 radical (unpaired) electrons. The van der Waals surface area contributed by atoms with Gasteiger partial charge in [0.2, 0.25) is 5.91 Å². The number of alkyl halides is 1. The molecule has 1 aromatic rings. The number of ketones is 2. The zero-order valence-electron chi connectivity index (χ0n) is 27.3. The van der Waals surface area contributed by atoms with Crippen LogP contribution >= 0.6 is 34.2 Å². The maximum atomic E-state index is 12.9. The second-order valence-electron chi connectivity index (χ2n) is 11.8. The number of halogens is 2. The van der Waals surface area contributed by atoms with Gasteiger partial charge in [-0.25, -0.2) is 0 Å². The maximum absolute atomic E-state index is 12.9. The van der Waals surface area contributed by atoms with Crippen LogP contribution in [0.25, 0.3) is 5.57 Å². The van der Waals surface area contributed by atoms with Gasteiger partial charge in [0.05, 0.1) is 10.1 Å². The molecule has 0 saturated carbocycles. The summed E-state index contributed by atoms with van der Waals surface area (Å²) in [6, 6.07) is 7.97. The summed E-state index contributed by atoms with van der Waals surface area (Å²) in [6.07, 6.45) is 13.0. The SMILES string of the molecule is C/C=C(/C(=C\CCCC(NC)NC(=O)CC(C)C(C)C=N/C1=C(\C)C(=O)CCCC(=O)C(I)CC1)CC)c1ccc(Cl)cc1. The van der Waals surface area contributed by atoms with Gasteiger partial charge >= 0.3 is 0 Å². The summed E-state index contributed by atoms with van der Waals surface area (Å²) in [4.78, 5) is 42.6. The first kappa shape index (κ1) is 38.1. The van der Waals surface area contributed by atoms with Gasteiger partial charge in [-0.2, -0.15) is 0 Å². The summed E-state index contributed by atoms with van der Waals surface area (Å²) >= 11 is 8.29. The van der Waals surface area contributed by atoms with Crippen molar-refractivity contribution >= 4 is 63.5 Å². The number of allylic oxidation sites excluding steroid dienone is 6. The van der Waals surface area contributed by atoms with Crippen LogP contribution in [0.2, 0.25) is 5.02 Å². The van der Waals surface area contributed by atoms with Crippen LogP contribution in [0.15, 0.2) is 58.3 Å². The number of hydrogen-bond acceptors (Lipinski definition) is 5. The number of benzene rings is 1. The van der Waals surface area contributed by atoms with Gasteiger partial charge in [-0.1, -0.05) is 79.2 Å². The molecule has 44 heavy (non-hydrogen) atoms. The Morgan fingerprint density at radius 2 is 1.86 bits per heavy atom. The molecule has 2 N–H and O–H groups in total. The molecule has 0 fully saturated rings. The van der Waals surface area contributed by atoms with Crippen molar-refractivity contribution in [1.29, 1.82) is 0 Å². The van der Waals surface area contributed by atoms with Crippen molar-refractivity contribution in [2.75, 3.05) is 7.05 Å². The Bertz CT molecular complexity index is 1240. The van der Waals surface area contributed by atoms with E-state index < -0.39 is 0 Å². The fraction of sp³-hybridized carbons (Fsp3) is 0.556.